The maximum absolute atomic E-state index is 13.4. The van der Waals surface area contributed by atoms with Gasteiger partial charge >= 0.3 is 11.9 Å². The number of rotatable bonds is 10. The summed E-state index contributed by atoms with van der Waals surface area (Å²) in [6, 6.07) is 18.4. The molecule has 5 N–H and O–H groups in total. The number of aromatic nitrogens is 2. The van der Waals surface area contributed by atoms with Crippen molar-refractivity contribution < 1.29 is 53.5 Å². The lowest BCUT2D eigenvalue weighted by Crippen LogP contribution is -2.63. The lowest BCUT2D eigenvalue weighted by atomic mass is 9.99. The van der Waals surface area contributed by atoms with Crippen molar-refractivity contribution >= 4 is 33.8 Å². The van der Waals surface area contributed by atoms with Crippen molar-refractivity contribution in [1.29, 1.82) is 0 Å². The maximum atomic E-state index is 13.4. The first-order chi connectivity index (χ1) is 24.9. The Morgan fingerprint density at radius 1 is 0.942 bits per heavy atom. The third-order valence-electron chi connectivity index (χ3n) is 8.75. The molecule has 1 fully saturated rings. The topological polar surface area (TPSA) is 203 Å². The number of esters is 1. The number of nitrogens with one attached hydrogen (secondary N) is 1. The minimum Gasteiger partial charge on any atom is -0.508 e. The molecule has 3 aromatic heterocycles. The maximum Gasteiger partial charge on any atom is 0.317 e. The fourth-order valence-electron chi connectivity index (χ4n) is 6.35. The van der Waals surface area contributed by atoms with Crippen LogP contribution in [-0.2, 0) is 19.1 Å². The van der Waals surface area contributed by atoms with Gasteiger partial charge in [-0.2, -0.15) is 4.73 Å². The van der Waals surface area contributed by atoms with Crippen LogP contribution in [0.15, 0.2) is 94.6 Å². The number of phenolic OH excluding ortho intramolecular Hbond substituents is 1. The number of aromatic amines is 1. The van der Waals surface area contributed by atoms with Gasteiger partial charge in [0.05, 0.1) is 22.7 Å². The molecule has 5 unspecified atom stereocenters. The standard InChI is InChI=1S/C38H34N2O12/c1-19-11-20(2)13-23(12-19)33-32-22(9-10-39-32)16-40(33)52-37-36(47)35(46)29(18-49-31(44)15-30(42)43)51-38(37)50-25-7-8-26-28(14-25)48-17-27(34(26)45)21-3-5-24(41)6-4-21/h3-14,16-17,29,35-39,41,46-47H,15,18H2,1-2H3,(H,42,43). The molecule has 1 aliphatic rings. The van der Waals surface area contributed by atoms with Gasteiger partial charge in [-0.1, -0.05) is 29.3 Å². The van der Waals surface area contributed by atoms with Crippen molar-refractivity contribution in [3.63, 3.8) is 0 Å². The van der Waals surface area contributed by atoms with Crippen molar-refractivity contribution in [2.24, 2.45) is 0 Å². The van der Waals surface area contributed by atoms with Crippen LogP contribution in [-0.4, -0.2) is 79.4 Å². The second kappa shape index (κ2) is 13.9. The van der Waals surface area contributed by atoms with E-state index in [0.717, 1.165) is 27.6 Å². The number of carbonyl (C=O) groups is 2. The Hall–Kier alpha value is -6.09. The number of carboxylic acid groups (broad SMARTS) is 1. The molecule has 1 saturated heterocycles. The number of aliphatic hydroxyl groups excluding tert-OH is 2. The predicted molar refractivity (Wildman–Crippen MR) is 186 cm³/mol. The number of aromatic hydroxyl groups is 1. The van der Waals surface area contributed by atoms with Gasteiger partial charge in [-0.3, -0.25) is 14.4 Å². The van der Waals surface area contributed by atoms with Crippen molar-refractivity contribution in [2.45, 2.75) is 51.0 Å². The summed E-state index contributed by atoms with van der Waals surface area (Å²) in [5.41, 5.74) is 4.92. The average molecular weight is 711 g/mol. The van der Waals surface area contributed by atoms with E-state index in [0.29, 0.717) is 11.3 Å². The van der Waals surface area contributed by atoms with Crippen molar-refractivity contribution in [3.05, 3.63) is 107 Å². The van der Waals surface area contributed by atoms with E-state index < -0.39 is 55.7 Å². The summed E-state index contributed by atoms with van der Waals surface area (Å²) >= 11 is 0. The summed E-state index contributed by atoms with van der Waals surface area (Å²) in [5, 5.41) is 42.3. The van der Waals surface area contributed by atoms with Crippen LogP contribution in [0.4, 0.5) is 0 Å². The van der Waals surface area contributed by atoms with Gasteiger partial charge in [-0.25, -0.2) is 0 Å². The number of phenols is 1. The molecular weight excluding hydrogens is 676 g/mol. The first kappa shape index (κ1) is 34.4. The highest BCUT2D eigenvalue weighted by Gasteiger charge is 2.49. The van der Waals surface area contributed by atoms with Gasteiger partial charge in [-0.05, 0) is 61.9 Å². The molecule has 4 heterocycles. The Balaban J connectivity index is 1.23. The van der Waals surface area contributed by atoms with Crippen LogP contribution in [0.2, 0.25) is 0 Å². The summed E-state index contributed by atoms with van der Waals surface area (Å²) in [6.45, 7) is 3.35. The van der Waals surface area contributed by atoms with E-state index in [1.807, 2.05) is 38.1 Å². The number of hydrogen-bond donors (Lipinski definition) is 5. The lowest BCUT2D eigenvalue weighted by Gasteiger charge is -2.41. The van der Waals surface area contributed by atoms with Crippen molar-refractivity contribution in [2.75, 3.05) is 6.61 Å². The van der Waals surface area contributed by atoms with E-state index in [1.54, 1.807) is 24.5 Å². The molecule has 14 nitrogen and oxygen atoms in total. The number of aryl methyl sites for hydroxylation is 2. The molecule has 0 spiro atoms. The fraction of sp³-hybridized carbons (Fsp3) is 0.237. The molecule has 0 saturated carbocycles. The zero-order valence-corrected chi connectivity index (χ0v) is 27.9. The van der Waals surface area contributed by atoms with Crippen LogP contribution in [0.25, 0.3) is 44.3 Å². The van der Waals surface area contributed by atoms with Crippen LogP contribution >= 0.6 is 0 Å². The fourth-order valence-corrected chi connectivity index (χ4v) is 6.35. The first-order valence-electron chi connectivity index (χ1n) is 16.3. The summed E-state index contributed by atoms with van der Waals surface area (Å²) < 4.78 is 24.6. The van der Waals surface area contributed by atoms with E-state index in [1.165, 1.54) is 41.3 Å². The highest BCUT2D eigenvalue weighted by molar-refractivity contribution is 5.93. The zero-order chi connectivity index (χ0) is 36.7. The Bertz CT molecular complexity index is 2320. The second-order valence-corrected chi connectivity index (χ2v) is 12.6. The van der Waals surface area contributed by atoms with Crippen LogP contribution in [0.5, 0.6) is 11.5 Å². The number of carbonyl (C=O) groups excluding carboxylic acids is 1. The number of hydrogen-bond acceptors (Lipinski definition) is 11. The number of carboxylic acids is 1. The molecule has 0 aliphatic carbocycles. The summed E-state index contributed by atoms with van der Waals surface area (Å²) in [5.74, 6) is -2.26. The Kier molecular flexibility index (Phi) is 9.19. The van der Waals surface area contributed by atoms with Crippen LogP contribution in [0.3, 0.4) is 0 Å². The van der Waals surface area contributed by atoms with E-state index in [-0.39, 0.29) is 33.5 Å². The number of aliphatic carboxylic acids is 1. The molecular formula is C38H34N2O12. The second-order valence-electron chi connectivity index (χ2n) is 12.6. The van der Waals surface area contributed by atoms with Gasteiger partial charge in [0.25, 0.3) is 0 Å². The molecule has 268 valence electrons. The zero-order valence-electron chi connectivity index (χ0n) is 27.9. The minimum absolute atomic E-state index is 0.0529. The molecule has 7 rings (SSSR count). The molecule has 0 radical (unpaired) electrons. The van der Waals surface area contributed by atoms with Gasteiger partial charge in [-0.15, -0.1) is 0 Å². The minimum atomic E-state index is -1.67. The largest absolute Gasteiger partial charge is 0.508 e. The predicted octanol–water partition coefficient (Wildman–Crippen LogP) is 4.07. The Morgan fingerprint density at radius 3 is 2.42 bits per heavy atom. The van der Waals surface area contributed by atoms with Gasteiger partial charge in [0, 0.05) is 23.2 Å². The van der Waals surface area contributed by atoms with E-state index >= 15 is 0 Å². The third-order valence-corrected chi connectivity index (χ3v) is 8.75. The van der Waals surface area contributed by atoms with Crippen LogP contribution < -0.4 is 15.0 Å². The molecule has 5 atom stereocenters. The molecule has 3 aromatic carbocycles. The highest BCUT2D eigenvalue weighted by atomic mass is 16.8. The van der Waals surface area contributed by atoms with E-state index in [2.05, 4.69) is 4.98 Å². The highest BCUT2D eigenvalue weighted by Crippen LogP contribution is 2.33. The normalized spacial score (nSPS) is 20.2. The number of benzene rings is 3. The number of H-pyrrole nitrogens is 1. The van der Waals surface area contributed by atoms with E-state index in [9.17, 15) is 29.7 Å². The summed E-state index contributed by atoms with van der Waals surface area (Å²) in [6.07, 6.45) is -3.61. The number of ether oxygens (including phenoxy) is 3. The summed E-state index contributed by atoms with van der Waals surface area (Å²) in [7, 11) is 0. The number of aliphatic hydroxyl groups is 2. The average Bonchev–Trinajstić information content (AvgIpc) is 3.68. The van der Waals surface area contributed by atoms with Gasteiger partial charge in [0.2, 0.25) is 12.4 Å². The Labute approximate surface area is 294 Å². The number of nitrogens with zero attached hydrogens (tertiary/aromatic N) is 1. The summed E-state index contributed by atoms with van der Waals surface area (Å²) in [4.78, 5) is 46.0. The monoisotopic (exact) mass is 710 g/mol. The Morgan fingerprint density at radius 2 is 1.69 bits per heavy atom. The van der Waals surface area contributed by atoms with Crippen molar-refractivity contribution in [1.82, 2.24) is 9.71 Å². The van der Waals surface area contributed by atoms with Crippen LogP contribution in [0.1, 0.15) is 17.5 Å². The molecule has 0 amide bonds. The van der Waals surface area contributed by atoms with Gasteiger partial charge < -0.3 is 48.9 Å². The van der Waals surface area contributed by atoms with Gasteiger partial charge in [0.1, 0.15) is 60.4 Å². The molecule has 14 heteroatoms. The lowest BCUT2D eigenvalue weighted by molar-refractivity contribution is -0.287. The smallest absolute Gasteiger partial charge is 0.317 e. The molecule has 6 aromatic rings. The first-order valence-corrected chi connectivity index (χ1v) is 16.3. The van der Waals surface area contributed by atoms with Gasteiger partial charge in [0.15, 0.2) is 5.43 Å². The third kappa shape index (κ3) is 6.82. The molecule has 52 heavy (non-hydrogen) atoms. The SMILES string of the molecule is Cc1cc(C)cc(-c2c3[nH]ccc3cn2OC2C(Oc3ccc4c(=O)c(-c5ccc(O)cc5)coc4c3)OC(COC(=O)CC(=O)O)C(O)C2O)c1. The molecule has 0 bridgehead atoms. The number of fused-ring (bicyclic) bond motifs is 2. The van der Waals surface area contributed by atoms with Crippen LogP contribution in [0, 0.1) is 13.8 Å². The molecule has 1 aliphatic heterocycles. The van der Waals surface area contributed by atoms with E-state index in [4.69, 9.17) is 28.6 Å². The quantitative estimate of drug-likeness (QED) is 0.101. The van der Waals surface area contributed by atoms with Crippen molar-refractivity contribution in [3.8, 4) is 33.9 Å².